The molecule has 1 fully saturated rings. The molecule has 9 heteroatoms. The van der Waals surface area contributed by atoms with E-state index in [2.05, 4.69) is 0 Å². The van der Waals surface area contributed by atoms with Crippen molar-refractivity contribution >= 4 is 23.1 Å². The SMILES string of the molecule is CCOc1ccc([C@H]2C(=C(O)c3cccc([N+](=O)[O-])c3)C(=O)C(=O)N2Cc2ccco2)cc1. The molecule has 0 unspecified atom stereocenters. The number of non-ortho nitro benzene ring substituents is 1. The van der Waals surface area contributed by atoms with Gasteiger partial charge in [-0.25, -0.2) is 0 Å². The number of ether oxygens (including phenoxy) is 1. The Labute approximate surface area is 188 Å². The normalized spacial score (nSPS) is 17.4. The first-order valence-corrected chi connectivity index (χ1v) is 10.2. The lowest BCUT2D eigenvalue weighted by molar-refractivity contribution is -0.384. The smallest absolute Gasteiger partial charge is 0.296 e. The number of carbonyl (C=O) groups is 2. The Morgan fingerprint density at radius 2 is 1.91 bits per heavy atom. The predicted molar refractivity (Wildman–Crippen MR) is 117 cm³/mol. The van der Waals surface area contributed by atoms with E-state index in [1.54, 1.807) is 36.4 Å². The average Bonchev–Trinajstić information content (AvgIpc) is 3.42. The number of aliphatic hydroxyl groups is 1. The monoisotopic (exact) mass is 448 g/mol. The van der Waals surface area contributed by atoms with Gasteiger partial charge in [0, 0.05) is 17.7 Å². The summed E-state index contributed by atoms with van der Waals surface area (Å²) in [6, 6.07) is 14.5. The van der Waals surface area contributed by atoms with Crippen molar-refractivity contribution in [1.29, 1.82) is 0 Å². The van der Waals surface area contributed by atoms with Gasteiger partial charge in [-0.1, -0.05) is 24.3 Å². The molecule has 0 saturated carbocycles. The Balaban J connectivity index is 1.85. The van der Waals surface area contributed by atoms with Gasteiger partial charge < -0.3 is 19.2 Å². The van der Waals surface area contributed by atoms with Crippen molar-refractivity contribution in [2.24, 2.45) is 0 Å². The van der Waals surface area contributed by atoms with Gasteiger partial charge in [-0.2, -0.15) is 0 Å². The molecule has 0 spiro atoms. The highest BCUT2D eigenvalue weighted by molar-refractivity contribution is 6.46. The third kappa shape index (κ3) is 4.20. The van der Waals surface area contributed by atoms with Gasteiger partial charge in [-0.3, -0.25) is 19.7 Å². The van der Waals surface area contributed by atoms with Crippen molar-refractivity contribution in [3.63, 3.8) is 0 Å². The molecule has 3 aromatic rings. The summed E-state index contributed by atoms with van der Waals surface area (Å²) in [5.74, 6) is -1.11. The summed E-state index contributed by atoms with van der Waals surface area (Å²) in [5.41, 5.74) is 0.227. The number of nitro benzene ring substituents is 1. The zero-order chi connectivity index (χ0) is 23.5. The summed E-state index contributed by atoms with van der Waals surface area (Å²) in [6.45, 7) is 2.33. The van der Waals surface area contributed by atoms with Crippen LogP contribution in [0.15, 0.2) is 76.9 Å². The Bertz CT molecular complexity index is 1230. The minimum absolute atomic E-state index is 0.00116. The van der Waals surface area contributed by atoms with E-state index in [4.69, 9.17) is 9.15 Å². The van der Waals surface area contributed by atoms with E-state index in [1.807, 2.05) is 6.92 Å². The summed E-state index contributed by atoms with van der Waals surface area (Å²) < 4.78 is 10.8. The predicted octanol–water partition coefficient (Wildman–Crippen LogP) is 4.21. The number of ketones is 1. The minimum Gasteiger partial charge on any atom is -0.507 e. The number of nitrogens with zero attached hydrogens (tertiary/aromatic N) is 2. The van der Waals surface area contributed by atoms with Crippen LogP contribution in [0.3, 0.4) is 0 Å². The van der Waals surface area contributed by atoms with Crippen LogP contribution in [0.1, 0.15) is 29.9 Å². The van der Waals surface area contributed by atoms with E-state index >= 15 is 0 Å². The van der Waals surface area contributed by atoms with Gasteiger partial charge in [0.05, 0.1) is 36.0 Å². The number of aliphatic hydroxyl groups excluding tert-OH is 1. The van der Waals surface area contributed by atoms with E-state index in [1.165, 1.54) is 29.4 Å². The van der Waals surface area contributed by atoms with Crippen LogP contribution in [0.5, 0.6) is 5.75 Å². The van der Waals surface area contributed by atoms with Crippen molar-refractivity contribution in [3.8, 4) is 5.75 Å². The number of benzene rings is 2. The Morgan fingerprint density at radius 3 is 2.55 bits per heavy atom. The molecule has 1 atom stereocenters. The third-order valence-electron chi connectivity index (χ3n) is 5.28. The summed E-state index contributed by atoms with van der Waals surface area (Å²) in [7, 11) is 0. The molecule has 1 aliphatic rings. The second kappa shape index (κ2) is 8.99. The van der Waals surface area contributed by atoms with E-state index < -0.39 is 28.4 Å². The lowest BCUT2D eigenvalue weighted by Crippen LogP contribution is -2.29. The van der Waals surface area contributed by atoms with Crippen LogP contribution in [0.2, 0.25) is 0 Å². The number of Topliss-reactive ketones (excluding diaryl/α,β-unsaturated/α-hetero) is 1. The van der Waals surface area contributed by atoms with Gasteiger partial charge in [-0.15, -0.1) is 0 Å². The molecule has 9 nitrogen and oxygen atoms in total. The number of hydrogen-bond acceptors (Lipinski definition) is 7. The number of carbonyl (C=O) groups excluding carboxylic acids is 2. The van der Waals surface area contributed by atoms with Gasteiger partial charge >= 0.3 is 0 Å². The Morgan fingerprint density at radius 1 is 1.15 bits per heavy atom. The van der Waals surface area contributed by atoms with Crippen LogP contribution >= 0.6 is 0 Å². The van der Waals surface area contributed by atoms with Crippen LogP contribution in [0, 0.1) is 10.1 Å². The molecule has 4 rings (SSSR count). The molecular formula is C24H20N2O7. The largest absolute Gasteiger partial charge is 0.507 e. The molecule has 0 bridgehead atoms. The lowest BCUT2D eigenvalue weighted by Gasteiger charge is -2.24. The Kier molecular flexibility index (Phi) is 5.95. The van der Waals surface area contributed by atoms with E-state index in [9.17, 15) is 24.8 Å². The van der Waals surface area contributed by atoms with Crippen molar-refractivity contribution in [2.75, 3.05) is 6.61 Å². The van der Waals surface area contributed by atoms with Crippen LogP contribution in [0.25, 0.3) is 5.76 Å². The van der Waals surface area contributed by atoms with E-state index in [0.717, 1.165) is 6.07 Å². The fraction of sp³-hybridized carbons (Fsp3) is 0.167. The van der Waals surface area contributed by atoms with Gasteiger partial charge in [0.25, 0.3) is 17.4 Å². The van der Waals surface area contributed by atoms with Crippen LogP contribution in [0.4, 0.5) is 5.69 Å². The van der Waals surface area contributed by atoms with E-state index in [-0.39, 0.29) is 23.4 Å². The third-order valence-corrected chi connectivity index (χ3v) is 5.28. The van der Waals surface area contributed by atoms with Gasteiger partial charge in [0.2, 0.25) is 0 Å². The number of nitro groups is 1. The summed E-state index contributed by atoms with van der Waals surface area (Å²) >= 11 is 0. The molecule has 1 saturated heterocycles. The maximum Gasteiger partial charge on any atom is 0.296 e. The quantitative estimate of drug-likeness (QED) is 0.189. The molecule has 1 aromatic heterocycles. The van der Waals surface area contributed by atoms with Crippen LogP contribution < -0.4 is 4.74 Å². The number of furan rings is 1. The minimum atomic E-state index is -0.926. The second-order valence-corrected chi connectivity index (χ2v) is 7.32. The highest BCUT2D eigenvalue weighted by Gasteiger charge is 2.46. The molecular weight excluding hydrogens is 428 g/mol. The zero-order valence-electron chi connectivity index (χ0n) is 17.6. The fourth-order valence-corrected chi connectivity index (χ4v) is 3.80. The van der Waals surface area contributed by atoms with Gasteiger partial charge in [0.15, 0.2) is 0 Å². The number of amides is 1. The van der Waals surface area contributed by atoms with Gasteiger partial charge in [-0.05, 0) is 36.8 Å². The lowest BCUT2D eigenvalue weighted by atomic mass is 9.95. The maximum atomic E-state index is 13.0. The molecule has 1 aliphatic heterocycles. The topological polar surface area (TPSA) is 123 Å². The van der Waals surface area contributed by atoms with Crippen molar-refractivity contribution < 1.29 is 28.8 Å². The molecule has 1 amide bonds. The first-order valence-electron chi connectivity index (χ1n) is 10.2. The Hall–Kier alpha value is -4.40. The van der Waals surface area contributed by atoms with Crippen molar-refractivity contribution in [1.82, 2.24) is 4.90 Å². The number of hydrogen-bond donors (Lipinski definition) is 1. The summed E-state index contributed by atoms with van der Waals surface area (Å²) in [4.78, 5) is 37.9. The number of likely N-dealkylation sites (tertiary alicyclic amines) is 1. The highest BCUT2D eigenvalue weighted by Crippen LogP contribution is 2.41. The van der Waals surface area contributed by atoms with Crippen molar-refractivity contribution in [3.05, 3.63) is 99.5 Å². The molecule has 0 aliphatic carbocycles. The highest BCUT2D eigenvalue weighted by atomic mass is 16.6. The molecule has 0 radical (unpaired) electrons. The summed E-state index contributed by atoms with van der Waals surface area (Å²) in [5, 5.41) is 22.2. The zero-order valence-corrected chi connectivity index (χ0v) is 17.6. The first-order chi connectivity index (χ1) is 15.9. The maximum absolute atomic E-state index is 13.0. The molecule has 1 N–H and O–H groups in total. The first kappa shape index (κ1) is 21.8. The molecule has 168 valence electrons. The fourth-order valence-electron chi connectivity index (χ4n) is 3.80. The molecule has 2 heterocycles. The standard InChI is InChI=1S/C24H20N2O7/c1-2-32-18-10-8-15(9-11-18)21-20(22(27)16-5-3-6-17(13-16)26(30)31)23(28)24(29)25(21)14-19-7-4-12-33-19/h3-13,21,27H,2,14H2,1H3/t21-/m0/s1. The average molecular weight is 448 g/mol. The molecule has 2 aromatic carbocycles. The summed E-state index contributed by atoms with van der Waals surface area (Å²) in [6.07, 6.45) is 1.46. The molecule has 33 heavy (non-hydrogen) atoms. The van der Waals surface area contributed by atoms with Gasteiger partial charge in [0.1, 0.15) is 17.3 Å². The van der Waals surface area contributed by atoms with E-state index in [0.29, 0.717) is 23.7 Å². The van der Waals surface area contributed by atoms with Crippen LogP contribution in [-0.4, -0.2) is 33.2 Å². The van der Waals surface area contributed by atoms with Crippen molar-refractivity contribution in [2.45, 2.75) is 19.5 Å². The number of rotatable bonds is 7. The second-order valence-electron chi connectivity index (χ2n) is 7.32. The van der Waals surface area contributed by atoms with Crippen LogP contribution in [-0.2, 0) is 16.1 Å².